The van der Waals surface area contributed by atoms with Gasteiger partial charge in [-0.15, -0.1) is 0 Å². The van der Waals surface area contributed by atoms with E-state index >= 15 is 0 Å². The highest BCUT2D eigenvalue weighted by Gasteiger charge is 2.21. The molecular formula is C16H31NO. The Morgan fingerprint density at radius 1 is 1.00 bits per heavy atom. The molecule has 1 N–H and O–H groups in total. The van der Waals surface area contributed by atoms with Crippen molar-refractivity contribution < 1.29 is 4.74 Å². The van der Waals surface area contributed by atoms with Crippen molar-refractivity contribution in [3.05, 3.63) is 0 Å². The van der Waals surface area contributed by atoms with Crippen molar-refractivity contribution in [1.29, 1.82) is 0 Å². The fourth-order valence-corrected chi connectivity index (χ4v) is 3.49. The maximum absolute atomic E-state index is 5.42. The molecule has 0 spiro atoms. The highest BCUT2D eigenvalue weighted by atomic mass is 16.5. The molecule has 2 nitrogen and oxygen atoms in total. The normalized spacial score (nSPS) is 31.5. The molecule has 0 aromatic carbocycles. The molecular weight excluding hydrogens is 222 g/mol. The Bertz CT molecular complexity index is 223. The first-order valence-electron chi connectivity index (χ1n) is 8.07. The largest absolute Gasteiger partial charge is 0.381 e. The van der Waals surface area contributed by atoms with Gasteiger partial charge in [-0.3, -0.25) is 0 Å². The van der Waals surface area contributed by atoms with Crippen molar-refractivity contribution in [2.75, 3.05) is 19.8 Å². The van der Waals surface area contributed by atoms with Gasteiger partial charge in [-0.25, -0.2) is 0 Å². The standard InChI is InChI=1S/C16H31NO/c1-13(2)15-4-3-5-16(7-6-15)17-12-14-8-10-18-11-9-14/h13-17H,3-12H2,1-2H3. The molecule has 2 unspecified atom stereocenters. The number of nitrogens with one attached hydrogen (secondary N) is 1. The summed E-state index contributed by atoms with van der Waals surface area (Å²) in [6.45, 7) is 7.96. The zero-order valence-electron chi connectivity index (χ0n) is 12.3. The van der Waals surface area contributed by atoms with Crippen LogP contribution in [0.15, 0.2) is 0 Å². The van der Waals surface area contributed by atoms with Gasteiger partial charge in [0.1, 0.15) is 0 Å². The third-order valence-corrected chi connectivity index (χ3v) is 4.99. The Labute approximate surface area is 113 Å². The van der Waals surface area contributed by atoms with E-state index in [9.17, 15) is 0 Å². The van der Waals surface area contributed by atoms with Gasteiger partial charge in [-0.1, -0.05) is 26.7 Å². The van der Waals surface area contributed by atoms with E-state index < -0.39 is 0 Å². The molecule has 0 amide bonds. The fourth-order valence-electron chi connectivity index (χ4n) is 3.49. The minimum Gasteiger partial charge on any atom is -0.381 e. The summed E-state index contributed by atoms with van der Waals surface area (Å²) in [4.78, 5) is 0. The zero-order chi connectivity index (χ0) is 12.8. The molecule has 2 atom stereocenters. The lowest BCUT2D eigenvalue weighted by Crippen LogP contribution is -2.35. The predicted octanol–water partition coefficient (Wildman–Crippen LogP) is 3.61. The number of hydrogen-bond acceptors (Lipinski definition) is 2. The minimum atomic E-state index is 0.789. The summed E-state index contributed by atoms with van der Waals surface area (Å²) in [6, 6.07) is 0.789. The molecule has 1 aliphatic carbocycles. The second-order valence-corrected chi connectivity index (χ2v) is 6.67. The maximum Gasteiger partial charge on any atom is 0.0469 e. The zero-order valence-corrected chi connectivity index (χ0v) is 12.3. The van der Waals surface area contributed by atoms with Gasteiger partial charge in [0.15, 0.2) is 0 Å². The van der Waals surface area contributed by atoms with Gasteiger partial charge >= 0.3 is 0 Å². The van der Waals surface area contributed by atoms with Crippen LogP contribution >= 0.6 is 0 Å². The van der Waals surface area contributed by atoms with E-state index in [4.69, 9.17) is 4.74 Å². The van der Waals surface area contributed by atoms with Crippen LogP contribution in [0.4, 0.5) is 0 Å². The molecule has 2 rings (SSSR count). The first kappa shape index (κ1) is 14.3. The van der Waals surface area contributed by atoms with Crippen molar-refractivity contribution in [1.82, 2.24) is 5.32 Å². The quantitative estimate of drug-likeness (QED) is 0.773. The molecule has 2 fully saturated rings. The van der Waals surface area contributed by atoms with Crippen LogP contribution in [0.2, 0.25) is 0 Å². The number of ether oxygens (including phenoxy) is 1. The Morgan fingerprint density at radius 2 is 1.78 bits per heavy atom. The molecule has 1 saturated heterocycles. The van der Waals surface area contributed by atoms with Crippen LogP contribution in [0.3, 0.4) is 0 Å². The van der Waals surface area contributed by atoms with Gasteiger partial charge in [-0.05, 0) is 56.4 Å². The fraction of sp³-hybridized carbons (Fsp3) is 1.00. The van der Waals surface area contributed by atoms with Crippen LogP contribution in [-0.4, -0.2) is 25.8 Å². The van der Waals surface area contributed by atoms with E-state index in [1.807, 2.05) is 0 Å². The molecule has 1 heterocycles. The molecule has 106 valence electrons. The summed E-state index contributed by atoms with van der Waals surface area (Å²) >= 11 is 0. The van der Waals surface area contributed by atoms with Crippen LogP contribution in [0.25, 0.3) is 0 Å². The van der Waals surface area contributed by atoms with Crippen LogP contribution in [0.5, 0.6) is 0 Å². The van der Waals surface area contributed by atoms with Crippen LogP contribution in [-0.2, 0) is 4.74 Å². The van der Waals surface area contributed by atoms with Crippen LogP contribution < -0.4 is 5.32 Å². The second-order valence-electron chi connectivity index (χ2n) is 6.67. The summed E-state index contributed by atoms with van der Waals surface area (Å²) in [5.41, 5.74) is 0. The lowest BCUT2D eigenvalue weighted by Gasteiger charge is -2.25. The Morgan fingerprint density at radius 3 is 2.50 bits per heavy atom. The Balaban J connectivity index is 1.66. The summed E-state index contributed by atoms with van der Waals surface area (Å²) in [5.74, 6) is 2.71. The summed E-state index contributed by atoms with van der Waals surface area (Å²) in [6.07, 6.45) is 9.62. The van der Waals surface area contributed by atoms with Gasteiger partial charge in [0, 0.05) is 19.3 Å². The smallest absolute Gasteiger partial charge is 0.0469 e. The summed E-state index contributed by atoms with van der Waals surface area (Å²) in [5, 5.41) is 3.84. The maximum atomic E-state index is 5.42. The molecule has 0 aromatic heterocycles. The van der Waals surface area contributed by atoms with E-state index in [1.165, 1.54) is 51.5 Å². The summed E-state index contributed by atoms with van der Waals surface area (Å²) < 4.78 is 5.42. The van der Waals surface area contributed by atoms with Crippen LogP contribution in [0.1, 0.15) is 58.8 Å². The first-order valence-corrected chi connectivity index (χ1v) is 8.07. The molecule has 1 aliphatic heterocycles. The van der Waals surface area contributed by atoms with Gasteiger partial charge in [0.25, 0.3) is 0 Å². The molecule has 0 aromatic rings. The average Bonchev–Trinajstić information content (AvgIpc) is 2.63. The highest BCUT2D eigenvalue weighted by Crippen LogP contribution is 2.29. The van der Waals surface area contributed by atoms with Crippen molar-refractivity contribution in [3.8, 4) is 0 Å². The van der Waals surface area contributed by atoms with Crippen LogP contribution in [0, 0.1) is 17.8 Å². The molecule has 1 saturated carbocycles. The topological polar surface area (TPSA) is 21.3 Å². The van der Waals surface area contributed by atoms with Crippen molar-refractivity contribution in [2.24, 2.45) is 17.8 Å². The summed E-state index contributed by atoms with van der Waals surface area (Å²) in [7, 11) is 0. The van der Waals surface area contributed by atoms with E-state index in [0.717, 1.165) is 37.0 Å². The van der Waals surface area contributed by atoms with E-state index in [0.29, 0.717) is 0 Å². The first-order chi connectivity index (χ1) is 8.75. The molecule has 2 heteroatoms. The van der Waals surface area contributed by atoms with E-state index in [-0.39, 0.29) is 0 Å². The van der Waals surface area contributed by atoms with E-state index in [1.54, 1.807) is 0 Å². The number of hydrogen-bond donors (Lipinski definition) is 1. The number of rotatable bonds is 4. The van der Waals surface area contributed by atoms with Crippen molar-refractivity contribution in [3.63, 3.8) is 0 Å². The van der Waals surface area contributed by atoms with Gasteiger partial charge in [0.2, 0.25) is 0 Å². The Hall–Kier alpha value is -0.0800. The predicted molar refractivity (Wildman–Crippen MR) is 76.7 cm³/mol. The van der Waals surface area contributed by atoms with Crippen molar-refractivity contribution >= 4 is 0 Å². The lowest BCUT2D eigenvalue weighted by atomic mass is 9.89. The molecule has 2 aliphatic rings. The SMILES string of the molecule is CC(C)C1CCCC(NCC2CCOCC2)CC1. The highest BCUT2D eigenvalue weighted by molar-refractivity contribution is 4.78. The average molecular weight is 253 g/mol. The molecule has 0 radical (unpaired) electrons. The lowest BCUT2D eigenvalue weighted by molar-refractivity contribution is 0.0652. The third kappa shape index (κ3) is 4.55. The van der Waals surface area contributed by atoms with E-state index in [2.05, 4.69) is 19.2 Å². The van der Waals surface area contributed by atoms with Gasteiger partial charge in [-0.2, -0.15) is 0 Å². The minimum absolute atomic E-state index is 0.789. The monoisotopic (exact) mass is 253 g/mol. The second kappa shape index (κ2) is 7.49. The van der Waals surface area contributed by atoms with Crippen molar-refractivity contribution in [2.45, 2.75) is 64.8 Å². The molecule has 0 bridgehead atoms. The third-order valence-electron chi connectivity index (χ3n) is 4.99. The van der Waals surface area contributed by atoms with Gasteiger partial charge in [0.05, 0.1) is 0 Å². The molecule has 18 heavy (non-hydrogen) atoms. The van der Waals surface area contributed by atoms with Gasteiger partial charge < -0.3 is 10.1 Å². The Kier molecular flexibility index (Phi) is 5.97.